The minimum absolute atomic E-state index is 0.294. The largest absolute Gasteiger partial charge is 0.380 e. The fourth-order valence-corrected chi connectivity index (χ4v) is 2.40. The molecule has 0 heterocycles. The summed E-state index contributed by atoms with van der Waals surface area (Å²) in [6.45, 7) is 0.446. The molecule has 0 aromatic heterocycles. The van der Waals surface area contributed by atoms with Crippen molar-refractivity contribution in [2.24, 2.45) is 0 Å². The summed E-state index contributed by atoms with van der Waals surface area (Å²) in [4.78, 5) is 0. The number of rotatable bonds is 3. The monoisotopic (exact) mass is 338 g/mol. The zero-order chi connectivity index (χ0) is 13.8. The van der Waals surface area contributed by atoms with Gasteiger partial charge >= 0.3 is 0 Å². The van der Waals surface area contributed by atoms with Gasteiger partial charge in [0.15, 0.2) is 0 Å². The summed E-state index contributed by atoms with van der Waals surface area (Å²) in [5, 5.41) is 12.3. The number of hydrogen-bond acceptors (Lipinski definition) is 2. The van der Waals surface area contributed by atoms with Crippen LogP contribution in [0.1, 0.15) is 11.1 Å². The Bertz CT molecular complexity index is 632. The predicted molar refractivity (Wildman–Crippen MR) is 77.6 cm³/mol. The van der Waals surface area contributed by atoms with E-state index >= 15 is 0 Å². The average molecular weight is 340 g/mol. The molecule has 0 atom stereocenters. The molecule has 96 valence electrons. The Labute approximate surface area is 123 Å². The molecular formula is C14H9BrClFN2. The quantitative estimate of drug-likeness (QED) is 0.878. The van der Waals surface area contributed by atoms with Crippen LogP contribution in [-0.2, 0) is 6.54 Å². The third kappa shape index (κ3) is 3.69. The van der Waals surface area contributed by atoms with E-state index in [9.17, 15) is 4.39 Å². The van der Waals surface area contributed by atoms with E-state index in [4.69, 9.17) is 16.9 Å². The van der Waals surface area contributed by atoms with Crippen LogP contribution in [0.25, 0.3) is 0 Å². The second kappa shape index (κ2) is 6.05. The van der Waals surface area contributed by atoms with E-state index in [0.29, 0.717) is 27.3 Å². The van der Waals surface area contributed by atoms with Gasteiger partial charge < -0.3 is 5.32 Å². The van der Waals surface area contributed by atoms with Crippen molar-refractivity contribution in [1.82, 2.24) is 0 Å². The highest BCUT2D eigenvalue weighted by atomic mass is 79.9. The molecule has 0 spiro atoms. The molecule has 0 amide bonds. The number of nitrogens with one attached hydrogen (secondary N) is 1. The molecule has 2 aromatic rings. The van der Waals surface area contributed by atoms with Crippen molar-refractivity contribution < 1.29 is 4.39 Å². The highest BCUT2D eigenvalue weighted by Crippen LogP contribution is 2.24. The smallest absolute Gasteiger partial charge is 0.124 e. The molecule has 2 rings (SSSR count). The maximum absolute atomic E-state index is 13.2. The molecule has 0 fully saturated rings. The summed E-state index contributed by atoms with van der Waals surface area (Å²) < 4.78 is 13.9. The molecule has 2 nitrogen and oxygen atoms in total. The molecular weight excluding hydrogens is 331 g/mol. The maximum atomic E-state index is 13.2. The van der Waals surface area contributed by atoms with E-state index in [1.54, 1.807) is 18.2 Å². The van der Waals surface area contributed by atoms with Crippen molar-refractivity contribution in [3.8, 4) is 6.07 Å². The first-order valence-corrected chi connectivity index (χ1v) is 6.64. The van der Waals surface area contributed by atoms with Crippen molar-refractivity contribution in [2.75, 3.05) is 5.32 Å². The summed E-state index contributed by atoms with van der Waals surface area (Å²) in [6, 6.07) is 11.7. The average Bonchev–Trinajstić information content (AvgIpc) is 2.36. The van der Waals surface area contributed by atoms with Crippen LogP contribution in [0.5, 0.6) is 0 Å². The van der Waals surface area contributed by atoms with Crippen LogP contribution in [0.3, 0.4) is 0 Å². The molecule has 0 aliphatic rings. The lowest BCUT2D eigenvalue weighted by molar-refractivity contribution is 0.625. The van der Waals surface area contributed by atoms with Crippen molar-refractivity contribution in [1.29, 1.82) is 5.26 Å². The lowest BCUT2D eigenvalue weighted by Crippen LogP contribution is -2.00. The summed E-state index contributed by atoms with van der Waals surface area (Å²) in [5.41, 5.74) is 2.01. The zero-order valence-electron chi connectivity index (χ0n) is 9.75. The molecule has 5 heteroatoms. The number of halogens is 3. The van der Waals surface area contributed by atoms with Crippen LogP contribution in [0.4, 0.5) is 10.1 Å². The van der Waals surface area contributed by atoms with Gasteiger partial charge in [0.1, 0.15) is 5.82 Å². The Balaban J connectivity index is 2.12. The number of hydrogen-bond donors (Lipinski definition) is 1. The van der Waals surface area contributed by atoms with Crippen molar-refractivity contribution >= 4 is 33.2 Å². The minimum atomic E-state index is -0.294. The number of nitriles is 1. The van der Waals surface area contributed by atoms with Gasteiger partial charge in [0.2, 0.25) is 0 Å². The standard InChI is InChI=1S/C14H9BrClFN2/c15-11-3-10(4-12(17)6-11)8-19-14-2-1-9(7-18)5-13(14)16/h1-6,19H,8H2. The second-order valence-electron chi connectivity index (χ2n) is 3.94. The van der Waals surface area contributed by atoms with E-state index in [-0.39, 0.29) is 5.82 Å². The minimum Gasteiger partial charge on any atom is -0.380 e. The topological polar surface area (TPSA) is 35.8 Å². The van der Waals surface area contributed by atoms with E-state index in [1.165, 1.54) is 12.1 Å². The van der Waals surface area contributed by atoms with Gasteiger partial charge in [-0.2, -0.15) is 5.26 Å². The van der Waals surface area contributed by atoms with Gasteiger partial charge in [-0.3, -0.25) is 0 Å². The molecule has 0 aliphatic carbocycles. The number of nitrogens with zero attached hydrogens (tertiary/aromatic N) is 1. The molecule has 0 unspecified atom stereocenters. The van der Waals surface area contributed by atoms with E-state index in [2.05, 4.69) is 21.2 Å². The lowest BCUT2D eigenvalue weighted by Gasteiger charge is -2.09. The van der Waals surface area contributed by atoms with Gasteiger partial charge in [-0.15, -0.1) is 0 Å². The highest BCUT2D eigenvalue weighted by molar-refractivity contribution is 9.10. The first kappa shape index (κ1) is 13.9. The van der Waals surface area contributed by atoms with Gasteiger partial charge in [-0.05, 0) is 42.0 Å². The van der Waals surface area contributed by atoms with Crippen LogP contribution in [0, 0.1) is 17.1 Å². The third-order valence-corrected chi connectivity index (χ3v) is 3.27. The van der Waals surface area contributed by atoms with Crippen LogP contribution in [0.2, 0.25) is 5.02 Å². The maximum Gasteiger partial charge on any atom is 0.124 e. The first-order chi connectivity index (χ1) is 9.08. The SMILES string of the molecule is N#Cc1ccc(NCc2cc(F)cc(Br)c2)c(Cl)c1. The first-order valence-electron chi connectivity index (χ1n) is 5.47. The summed E-state index contributed by atoms with van der Waals surface area (Å²) >= 11 is 9.28. The van der Waals surface area contributed by atoms with Crippen molar-refractivity contribution in [3.63, 3.8) is 0 Å². The van der Waals surface area contributed by atoms with Gasteiger partial charge in [0.25, 0.3) is 0 Å². The van der Waals surface area contributed by atoms with Crippen LogP contribution in [0.15, 0.2) is 40.9 Å². The number of benzene rings is 2. The molecule has 19 heavy (non-hydrogen) atoms. The Morgan fingerprint density at radius 1 is 1.26 bits per heavy atom. The summed E-state index contributed by atoms with van der Waals surface area (Å²) in [7, 11) is 0. The van der Waals surface area contributed by atoms with Crippen molar-refractivity contribution in [3.05, 3.63) is 62.8 Å². The summed E-state index contributed by atoms with van der Waals surface area (Å²) in [6.07, 6.45) is 0. The fourth-order valence-electron chi connectivity index (χ4n) is 1.64. The molecule has 0 saturated carbocycles. The molecule has 0 aliphatic heterocycles. The highest BCUT2D eigenvalue weighted by Gasteiger charge is 2.03. The molecule has 2 aromatic carbocycles. The van der Waals surface area contributed by atoms with Gasteiger partial charge in [-0.1, -0.05) is 27.5 Å². The third-order valence-electron chi connectivity index (χ3n) is 2.50. The Hall–Kier alpha value is -1.57. The normalized spacial score (nSPS) is 10.0. The molecule has 0 bridgehead atoms. The number of anilines is 1. The predicted octanol–water partition coefficient (Wildman–Crippen LogP) is 4.73. The van der Waals surface area contributed by atoms with Gasteiger partial charge in [0, 0.05) is 11.0 Å². The molecule has 0 radical (unpaired) electrons. The Kier molecular flexibility index (Phi) is 4.41. The van der Waals surface area contributed by atoms with E-state index in [1.807, 2.05) is 12.1 Å². The van der Waals surface area contributed by atoms with E-state index in [0.717, 1.165) is 5.56 Å². The summed E-state index contributed by atoms with van der Waals surface area (Å²) in [5.74, 6) is -0.294. The van der Waals surface area contributed by atoms with E-state index < -0.39 is 0 Å². The van der Waals surface area contributed by atoms with Gasteiger partial charge in [-0.25, -0.2) is 4.39 Å². The fraction of sp³-hybridized carbons (Fsp3) is 0.0714. The van der Waals surface area contributed by atoms with Crippen molar-refractivity contribution in [2.45, 2.75) is 6.54 Å². The molecule has 0 saturated heterocycles. The molecule has 1 N–H and O–H groups in total. The Morgan fingerprint density at radius 2 is 2.05 bits per heavy atom. The second-order valence-corrected chi connectivity index (χ2v) is 5.26. The van der Waals surface area contributed by atoms with Gasteiger partial charge in [0.05, 0.1) is 22.3 Å². The van der Waals surface area contributed by atoms with Crippen LogP contribution in [-0.4, -0.2) is 0 Å². The van der Waals surface area contributed by atoms with Crippen LogP contribution >= 0.6 is 27.5 Å². The van der Waals surface area contributed by atoms with Crippen LogP contribution < -0.4 is 5.32 Å². The zero-order valence-corrected chi connectivity index (χ0v) is 12.1. The Morgan fingerprint density at radius 3 is 2.68 bits per heavy atom. The lowest BCUT2D eigenvalue weighted by atomic mass is 10.2.